The summed E-state index contributed by atoms with van der Waals surface area (Å²) in [4.78, 5) is 10.7. The number of furan rings is 1. The van der Waals surface area contributed by atoms with E-state index in [1.165, 1.54) is 0 Å². The highest BCUT2D eigenvalue weighted by molar-refractivity contribution is 9.10. The van der Waals surface area contributed by atoms with Gasteiger partial charge in [0.25, 0.3) is 0 Å². The Balaban J connectivity index is 2.13. The Kier molecular flexibility index (Phi) is 2.49. The summed E-state index contributed by atoms with van der Waals surface area (Å²) in [5, 5.41) is 0. The van der Waals surface area contributed by atoms with E-state index in [2.05, 4.69) is 15.9 Å². The monoisotopic (exact) mass is 258 g/mol. The molecule has 0 bridgehead atoms. The molecule has 76 valence electrons. The summed E-state index contributed by atoms with van der Waals surface area (Å²) in [6.07, 6.45) is 2.36. The fraction of sp³-hybridized carbons (Fsp3) is 0.500. The molecule has 4 heteroatoms. The first-order valence-corrected chi connectivity index (χ1v) is 5.32. The molecule has 1 saturated heterocycles. The molecule has 3 nitrogen and oxygen atoms in total. The minimum atomic E-state index is -0.635. The normalized spacial score (nSPS) is 32.0. The highest BCUT2D eigenvalue weighted by Crippen LogP contribution is 2.39. The maximum atomic E-state index is 10.7. The lowest BCUT2D eigenvalue weighted by molar-refractivity contribution is -0.128. The van der Waals surface area contributed by atoms with Crippen LogP contribution in [0.1, 0.15) is 31.6 Å². The Labute approximate surface area is 90.6 Å². The van der Waals surface area contributed by atoms with E-state index >= 15 is 0 Å². The molecular formula is C10H11BrO3. The molecule has 2 rings (SSSR count). The number of ether oxygens (including phenoxy) is 1. The van der Waals surface area contributed by atoms with Crippen molar-refractivity contribution in [2.75, 3.05) is 0 Å². The van der Waals surface area contributed by atoms with E-state index in [1.807, 2.05) is 12.1 Å². The molecular weight excluding hydrogens is 248 g/mol. The van der Waals surface area contributed by atoms with Gasteiger partial charge >= 0.3 is 0 Å². The van der Waals surface area contributed by atoms with E-state index in [4.69, 9.17) is 9.15 Å². The highest BCUT2D eigenvalue weighted by atomic mass is 79.9. The first kappa shape index (κ1) is 9.93. The molecule has 2 unspecified atom stereocenters. The Morgan fingerprint density at radius 1 is 1.64 bits per heavy atom. The van der Waals surface area contributed by atoms with Gasteiger partial charge < -0.3 is 13.9 Å². The molecule has 2 heterocycles. The topological polar surface area (TPSA) is 39.4 Å². The molecule has 1 fully saturated rings. The van der Waals surface area contributed by atoms with Crippen LogP contribution in [0.2, 0.25) is 0 Å². The minimum Gasteiger partial charge on any atom is -0.452 e. The van der Waals surface area contributed by atoms with Crippen molar-refractivity contribution in [2.45, 2.75) is 31.5 Å². The fourth-order valence-corrected chi connectivity index (χ4v) is 1.97. The zero-order chi connectivity index (χ0) is 10.2. The largest absolute Gasteiger partial charge is 0.452 e. The lowest BCUT2D eigenvalue weighted by Crippen LogP contribution is -2.24. The number of rotatable bonds is 2. The average Bonchev–Trinajstić information content (AvgIpc) is 2.73. The maximum Gasteiger partial charge on any atom is 0.169 e. The summed E-state index contributed by atoms with van der Waals surface area (Å²) in [6, 6.07) is 3.69. The van der Waals surface area contributed by atoms with Crippen molar-refractivity contribution in [2.24, 2.45) is 0 Å². The number of aldehydes is 1. The zero-order valence-corrected chi connectivity index (χ0v) is 9.41. The first-order valence-electron chi connectivity index (χ1n) is 4.52. The summed E-state index contributed by atoms with van der Waals surface area (Å²) in [6.45, 7) is 1.80. The molecule has 0 aliphatic carbocycles. The average molecular weight is 259 g/mol. The molecule has 0 N–H and O–H groups in total. The van der Waals surface area contributed by atoms with Gasteiger partial charge in [-0.3, -0.25) is 0 Å². The Hall–Kier alpha value is -0.610. The van der Waals surface area contributed by atoms with E-state index in [9.17, 15) is 4.79 Å². The van der Waals surface area contributed by atoms with Gasteiger partial charge in [-0.25, -0.2) is 0 Å². The zero-order valence-electron chi connectivity index (χ0n) is 7.83. The molecule has 1 aromatic rings. The van der Waals surface area contributed by atoms with Crippen molar-refractivity contribution in [1.82, 2.24) is 0 Å². The van der Waals surface area contributed by atoms with E-state index < -0.39 is 5.60 Å². The predicted octanol–water partition coefficient (Wildman–Crippen LogP) is 2.85. The molecule has 0 amide bonds. The highest BCUT2D eigenvalue weighted by Gasteiger charge is 2.37. The van der Waals surface area contributed by atoms with Crippen molar-refractivity contribution < 1.29 is 13.9 Å². The summed E-state index contributed by atoms with van der Waals surface area (Å²) >= 11 is 3.23. The molecule has 1 aliphatic rings. The Bertz CT molecular complexity index is 347. The van der Waals surface area contributed by atoms with Crippen LogP contribution in [0.15, 0.2) is 21.2 Å². The summed E-state index contributed by atoms with van der Waals surface area (Å²) in [7, 11) is 0. The van der Waals surface area contributed by atoms with Gasteiger partial charge in [-0.05, 0) is 47.8 Å². The van der Waals surface area contributed by atoms with Crippen LogP contribution >= 0.6 is 15.9 Å². The van der Waals surface area contributed by atoms with Crippen LogP contribution < -0.4 is 0 Å². The van der Waals surface area contributed by atoms with Crippen LogP contribution in [-0.2, 0) is 9.53 Å². The second kappa shape index (κ2) is 3.51. The van der Waals surface area contributed by atoms with E-state index in [1.54, 1.807) is 6.92 Å². The second-order valence-electron chi connectivity index (χ2n) is 3.72. The van der Waals surface area contributed by atoms with E-state index in [0.717, 1.165) is 24.9 Å². The van der Waals surface area contributed by atoms with Crippen LogP contribution in [-0.4, -0.2) is 11.9 Å². The third-order valence-electron chi connectivity index (χ3n) is 2.48. The number of halogens is 1. The van der Waals surface area contributed by atoms with Gasteiger partial charge in [-0.1, -0.05) is 0 Å². The quantitative estimate of drug-likeness (QED) is 0.766. The van der Waals surface area contributed by atoms with Gasteiger partial charge in [0.2, 0.25) is 0 Å². The van der Waals surface area contributed by atoms with E-state index in [0.29, 0.717) is 4.67 Å². The maximum absolute atomic E-state index is 10.7. The fourth-order valence-electron chi connectivity index (χ4n) is 1.65. The standard InChI is InChI=1S/C10H11BrO3/c1-10(6-12)5-4-8(14-10)7-2-3-9(11)13-7/h2-3,6,8H,4-5H2,1H3. The van der Waals surface area contributed by atoms with Crippen molar-refractivity contribution in [3.63, 3.8) is 0 Å². The van der Waals surface area contributed by atoms with Crippen LogP contribution in [0.25, 0.3) is 0 Å². The SMILES string of the molecule is CC1(C=O)CCC(c2ccc(Br)o2)O1. The molecule has 1 aromatic heterocycles. The Morgan fingerprint density at radius 2 is 2.43 bits per heavy atom. The van der Waals surface area contributed by atoms with Crippen molar-refractivity contribution in [3.8, 4) is 0 Å². The Morgan fingerprint density at radius 3 is 2.93 bits per heavy atom. The van der Waals surface area contributed by atoms with Crippen molar-refractivity contribution >= 4 is 22.2 Å². The second-order valence-corrected chi connectivity index (χ2v) is 4.50. The third kappa shape index (κ3) is 1.77. The number of hydrogen-bond donors (Lipinski definition) is 0. The smallest absolute Gasteiger partial charge is 0.169 e. The molecule has 2 atom stereocenters. The van der Waals surface area contributed by atoms with Crippen LogP contribution in [0.3, 0.4) is 0 Å². The lowest BCUT2D eigenvalue weighted by Gasteiger charge is -2.16. The molecule has 0 saturated carbocycles. The lowest BCUT2D eigenvalue weighted by atomic mass is 10.0. The predicted molar refractivity (Wildman–Crippen MR) is 53.9 cm³/mol. The molecule has 0 aromatic carbocycles. The summed E-state index contributed by atoms with van der Waals surface area (Å²) in [5.41, 5.74) is -0.635. The van der Waals surface area contributed by atoms with Crippen LogP contribution in [0.5, 0.6) is 0 Å². The van der Waals surface area contributed by atoms with Gasteiger partial charge in [0.1, 0.15) is 17.5 Å². The van der Waals surface area contributed by atoms with Gasteiger partial charge in [0.05, 0.1) is 0 Å². The van der Waals surface area contributed by atoms with E-state index in [-0.39, 0.29) is 6.10 Å². The van der Waals surface area contributed by atoms with Gasteiger partial charge in [0.15, 0.2) is 11.0 Å². The molecule has 0 radical (unpaired) electrons. The van der Waals surface area contributed by atoms with Crippen LogP contribution in [0.4, 0.5) is 0 Å². The van der Waals surface area contributed by atoms with Crippen molar-refractivity contribution in [3.05, 3.63) is 22.6 Å². The minimum absolute atomic E-state index is 0.0866. The third-order valence-corrected chi connectivity index (χ3v) is 2.90. The number of carbonyl (C=O) groups excluding carboxylic acids is 1. The van der Waals surface area contributed by atoms with Gasteiger partial charge in [-0.2, -0.15) is 0 Å². The number of carbonyl (C=O) groups is 1. The molecule has 14 heavy (non-hydrogen) atoms. The first-order chi connectivity index (χ1) is 6.63. The molecule has 1 aliphatic heterocycles. The van der Waals surface area contributed by atoms with Gasteiger partial charge in [0, 0.05) is 0 Å². The van der Waals surface area contributed by atoms with Crippen LogP contribution in [0, 0.1) is 0 Å². The van der Waals surface area contributed by atoms with Crippen molar-refractivity contribution in [1.29, 1.82) is 0 Å². The summed E-state index contributed by atoms with van der Waals surface area (Å²) in [5.74, 6) is 0.780. The summed E-state index contributed by atoms with van der Waals surface area (Å²) < 4.78 is 11.7. The molecule has 0 spiro atoms. The van der Waals surface area contributed by atoms with Gasteiger partial charge in [-0.15, -0.1) is 0 Å². The number of hydrogen-bond acceptors (Lipinski definition) is 3.